The van der Waals surface area contributed by atoms with E-state index >= 15 is 0 Å². The van der Waals surface area contributed by atoms with Gasteiger partial charge in [0.2, 0.25) is 0 Å². The average molecular weight is 503 g/mol. The van der Waals surface area contributed by atoms with Crippen molar-refractivity contribution in [1.82, 2.24) is 5.32 Å². The van der Waals surface area contributed by atoms with Gasteiger partial charge in [-0.2, -0.15) is 13.2 Å². The van der Waals surface area contributed by atoms with Crippen molar-refractivity contribution in [1.29, 1.82) is 0 Å². The molecule has 2 aromatic rings. The summed E-state index contributed by atoms with van der Waals surface area (Å²) in [6.45, 7) is 1.69. The third kappa shape index (κ3) is 4.10. The topological polar surface area (TPSA) is 109 Å². The Hall–Kier alpha value is -2.60. The molecule has 3 aliphatic rings. The van der Waals surface area contributed by atoms with Crippen LogP contribution in [0.2, 0.25) is 0 Å². The molecule has 178 valence electrons. The minimum Gasteiger partial charge on any atom is -0.346 e. The van der Waals surface area contributed by atoms with Crippen molar-refractivity contribution in [3.8, 4) is 0 Å². The second kappa shape index (κ2) is 7.20. The summed E-state index contributed by atoms with van der Waals surface area (Å²) >= 11 is 0. The van der Waals surface area contributed by atoms with E-state index in [0.29, 0.717) is 5.56 Å². The molecular formula is C21H21F3N2O5S2. The van der Waals surface area contributed by atoms with Gasteiger partial charge in [0.25, 0.3) is 15.9 Å². The molecule has 5 rings (SSSR count). The number of hydrogen-bond donors (Lipinski definition) is 2. The van der Waals surface area contributed by atoms with E-state index in [2.05, 4.69) is 10.0 Å². The predicted octanol–water partition coefficient (Wildman–Crippen LogP) is 3.41. The first kappa shape index (κ1) is 23.6. The van der Waals surface area contributed by atoms with E-state index in [-0.39, 0.29) is 40.3 Å². The number of sulfonamides is 1. The molecule has 0 saturated heterocycles. The summed E-state index contributed by atoms with van der Waals surface area (Å²) in [4.78, 5) is 12.6. The highest BCUT2D eigenvalue weighted by molar-refractivity contribution is 7.92. The van der Waals surface area contributed by atoms with Crippen molar-refractivity contribution in [3.63, 3.8) is 0 Å². The van der Waals surface area contributed by atoms with Gasteiger partial charge < -0.3 is 5.32 Å². The average Bonchev–Trinajstić information content (AvgIpc) is 2.61. The van der Waals surface area contributed by atoms with Crippen LogP contribution in [0.5, 0.6) is 0 Å². The number of aryl methyl sites for hydroxylation is 1. The zero-order valence-corrected chi connectivity index (χ0v) is 19.3. The number of hydrogen-bond acceptors (Lipinski definition) is 5. The molecule has 3 aliphatic carbocycles. The largest absolute Gasteiger partial charge is 0.394 e. The molecule has 12 heteroatoms. The standard InChI is InChI=1S/C21H21F3N2O5S2/c1-13-3-8-16(18(27)25-20-10-19(11-20,12-20)21(22,23)24)17(9-13)26-33(30,31)15-6-4-14(5-7-15)32(2,28)29/h3-9,26H,10-12H2,1-2H3,(H,25,27). The Morgan fingerprint density at radius 3 is 2.00 bits per heavy atom. The molecule has 3 fully saturated rings. The normalized spacial score (nSPS) is 24.4. The summed E-state index contributed by atoms with van der Waals surface area (Å²) in [6, 6.07) is 9.02. The van der Waals surface area contributed by atoms with Gasteiger partial charge in [-0.25, -0.2) is 16.8 Å². The van der Waals surface area contributed by atoms with Gasteiger partial charge in [0, 0.05) is 11.8 Å². The summed E-state index contributed by atoms with van der Waals surface area (Å²) in [6.07, 6.45) is -3.87. The summed E-state index contributed by atoms with van der Waals surface area (Å²) in [5.74, 6) is -0.671. The Morgan fingerprint density at radius 2 is 1.48 bits per heavy atom. The Balaban J connectivity index is 1.55. The van der Waals surface area contributed by atoms with Crippen molar-refractivity contribution < 1.29 is 34.8 Å². The highest BCUT2D eigenvalue weighted by Crippen LogP contribution is 2.73. The van der Waals surface area contributed by atoms with Crippen LogP contribution >= 0.6 is 0 Å². The quantitative estimate of drug-likeness (QED) is 0.629. The second-order valence-corrected chi connectivity index (χ2v) is 12.6. The predicted molar refractivity (Wildman–Crippen MR) is 114 cm³/mol. The highest BCUT2D eigenvalue weighted by Gasteiger charge is 2.79. The number of benzene rings is 2. The van der Waals surface area contributed by atoms with E-state index in [1.807, 2.05) is 0 Å². The minimum absolute atomic E-state index is 0.0253. The summed E-state index contributed by atoms with van der Waals surface area (Å²) in [5, 5.41) is 2.64. The Kier molecular flexibility index (Phi) is 5.14. The van der Waals surface area contributed by atoms with Crippen LogP contribution < -0.4 is 10.0 Å². The lowest BCUT2D eigenvalue weighted by Crippen LogP contribution is -2.78. The maximum atomic E-state index is 13.1. The number of carbonyl (C=O) groups excluding carboxylic acids is 1. The van der Waals surface area contributed by atoms with Crippen molar-refractivity contribution in [2.45, 2.75) is 47.7 Å². The number of rotatable bonds is 6. The molecule has 0 unspecified atom stereocenters. The maximum Gasteiger partial charge on any atom is 0.394 e. The van der Waals surface area contributed by atoms with Gasteiger partial charge in [0.1, 0.15) is 0 Å². The molecular weight excluding hydrogens is 481 g/mol. The SMILES string of the molecule is Cc1ccc(C(=O)NC23CC(C(F)(F)F)(C2)C3)c(NS(=O)(=O)c2ccc(S(C)(=O)=O)cc2)c1. The van der Waals surface area contributed by atoms with Crippen LogP contribution in [0.15, 0.2) is 52.3 Å². The summed E-state index contributed by atoms with van der Waals surface area (Å²) in [7, 11) is -7.69. The fourth-order valence-corrected chi connectivity index (χ4v) is 6.24. The van der Waals surface area contributed by atoms with Gasteiger partial charge in [0.15, 0.2) is 9.84 Å². The highest BCUT2D eigenvalue weighted by atomic mass is 32.2. The van der Waals surface area contributed by atoms with Crippen LogP contribution in [0.4, 0.5) is 18.9 Å². The van der Waals surface area contributed by atoms with Gasteiger partial charge in [0.05, 0.1) is 26.5 Å². The molecule has 0 radical (unpaired) electrons. The van der Waals surface area contributed by atoms with E-state index in [0.717, 1.165) is 30.5 Å². The number of amides is 1. The first-order chi connectivity index (χ1) is 15.1. The molecule has 33 heavy (non-hydrogen) atoms. The number of anilines is 1. The lowest BCUT2D eigenvalue weighted by molar-refractivity contribution is -0.336. The third-order valence-electron chi connectivity index (χ3n) is 6.24. The van der Waals surface area contributed by atoms with Crippen LogP contribution in [0.25, 0.3) is 0 Å². The Bertz CT molecular complexity index is 1330. The van der Waals surface area contributed by atoms with Crippen LogP contribution in [-0.4, -0.2) is 40.7 Å². The number of nitrogens with one attached hydrogen (secondary N) is 2. The maximum absolute atomic E-state index is 13.1. The monoisotopic (exact) mass is 502 g/mol. The molecule has 0 aliphatic heterocycles. The first-order valence-electron chi connectivity index (χ1n) is 9.89. The molecule has 3 saturated carbocycles. The fraction of sp³-hybridized carbons (Fsp3) is 0.381. The lowest BCUT2D eigenvalue weighted by Gasteiger charge is -2.70. The van der Waals surface area contributed by atoms with E-state index < -0.39 is 42.9 Å². The minimum atomic E-state index is -4.31. The zero-order chi connectivity index (χ0) is 24.4. The molecule has 0 spiro atoms. The molecule has 2 bridgehead atoms. The zero-order valence-electron chi connectivity index (χ0n) is 17.7. The summed E-state index contributed by atoms with van der Waals surface area (Å²) in [5.41, 5.74) is -2.05. The number of sulfone groups is 1. The van der Waals surface area contributed by atoms with E-state index in [9.17, 15) is 34.8 Å². The van der Waals surface area contributed by atoms with Crippen molar-refractivity contribution in [2.75, 3.05) is 11.0 Å². The number of carbonyl (C=O) groups is 1. The molecule has 0 atom stereocenters. The number of alkyl halides is 3. The molecule has 0 heterocycles. The molecule has 0 aromatic heterocycles. The van der Waals surface area contributed by atoms with Gasteiger partial charge >= 0.3 is 6.18 Å². The van der Waals surface area contributed by atoms with Crippen LogP contribution in [0, 0.1) is 12.3 Å². The van der Waals surface area contributed by atoms with Crippen molar-refractivity contribution >= 4 is 31.5 Å². The van der Waals surface area contributed by atoms with Crippen LogP contribution in [-0.2, 0) is 19.9 Å². The molecule has 2 aromatic carbocycles. The Morgan fingerprint density at radius 1 is 0.939 bits per heavy atom. The van der Waals surface area contributed by atoms with E-state index in [1.54, 1.807) is 13.0 Å². The van der Waals surface area contributed by atoms with E-state index in [1.165, 1.54) is 12.1 Å². The molecule has 2 N–H and O–H groups in total. The summed E-state index contributed by atoms with van der Waals surface area (Å²) < 4.78 is 90.4. The van der Waals surface area contributed by atoms with Crippen LogP contribution in [0.3, 0.4) is 0 Å². The lowest BCUT2D eigenvalue weighted by atomic mass is 9.39. The third-order valence-corrected chi connectivity index (χ3v) is 8.75. The fourth-order valence-electron chi connectivity index (χ4n) is 4.54. The van der Waals surface area contributed by atoms with Gasteiger partial charge in [-0.05, 0) is 68.1 Å². The number of halogens is 3. The van der Waals surface area contributed by atoms with Crippen molar-refractivity contribution in [2.24, 2.45) is 5.41 Å². The molecule has 1 amide bonds. The van der Waals surface area contributed by atoms with E-state index in [4.69, 9.17) is 0 Å². The first-order valence-corrected chi connectivity index (χ1v) is 13.3. The smallest absolute Gasteiger partial charge is 0.346 e. The van der Waals surface area contributed by atoms with Crippen LogP contribution in [0.1, 0.15) is 35.2 Å². The van der Waals surface area contributed by atoms with Crippen molar-refractivity contribution in [3.05, 3.63) is 53.6 Å². The van der Waals surface area contributed by atoms with Gasteiger partial charge in [-0.15, -0.1) is 0 Å². The van der Waals surface area contributed by atoms with Gasteiger partial charge in [-0.3, -0.25) is 9.52 Å². The second-order valence-electron chi connectivity index (χ2n) is 8.94. The Labute approximate surface area is 189 Å². The molecule has 7 nitrogen and oxygen atoms in total. The van der Waals surface area contributed by atoms with Gasteiger partial charge in [-0.1, -0.05) is 6.07 Å².